The molecule has 4 N–H and O–H groups in total. The van der Waals surface area contributed by atoms with E-state index in [1.165, 1.54) is 11.3 Å². The summed E-state index contributed by atoms with van der Waals surface area (Å²) in [6.07, 6.45) is 2.01. The number of rotatable bonds is 7. The molecule has 0 aliphatic carbocycles. The fraction of sp³-hybridized carbons (Fsp3) is 0.714. The van der Waals surface area contributed by atoms with Crippen LogP contribution in [0.25, 0.3) is 0 Å². The van der Waals surface area contributed by atoms with Crippen LogP contribution in [0.3, 0.4) is 0 Å². The van der Waals surface area contributed by atoms with Gasteiger partial charge in [0, 0.05) is 12.1 Å². The highest BCUT2D eigenvalue weighted by molar-refractivity contribution is 7.18. The van der Waals surface area contributed by atoms with Crippen LogP contribution >= 0.6 is 11.3 Å². The van der Waals surface area contributed by atoms with E-state index in [-0.39, 0.29) is 17.3 Å². The number of carbonyl (C=O) groups excluding carboxylic acids is 1. The van der Waals surface area contributed by atoms with Crippen molar-refractivity contribution in [3.05, 3.63) is 4.88 Å². The summed E-state index contributed by atoms with van der Waals surface area (Å²) in [5.74, 6) is 0.148. The monoisotopic (exact) mass is 313 g/mol. The molecule has 21 heavy (non-hydrogen) atoms. The van der Waals surface area contributed by atoms with Crippen molar-refractivity contribution in [1.82, 2.24) is 15.2 Å². The third kappa shape index (κ3) is 6.77. The molecule has 1 aromatic heterocycles. The summed E-state index contributed by atoms with van der Waals surface area (Å²) in [6, 6.07) is 0. The number of nitrogens with zero attached hydrogens (tertiary/aromatic N) is 2. The quantitative estimate of drug-likeness (QED) is 0.671. The van der Waals surface area contributed by atoms with Crippen LogP contribution in [0.4, 0.5) is 10.9 Å². The first-order valence-electron chi connectivity index (χ1n) is 7.16. The van der Waals surface area contributed by atoms with Crippen molar-refractivity contribution in [1.29, 1.82) is 0 Å². The molecule has 0 bridgehead atoms. The standard InChI is InChI=1S/C14H27N5OS/c1-14(2,3)18-13-17-11(15)10(21-13)12(20)16-8-6-7-9-19(4)5/h6-9,15H2,1-5H3,(H,16,20)(H,17,18). The molecule has 0 aliphatic rings. The van der Waals surface area contributed by atoms with Crippen LogP contribution in [-0.2, 0) is 0 Å². The average Bonchev–Trinajstić information content (AvgIpc) is 2.66. The van der Waals surface area contributed by atoms with Gasteiger partial charge in [-0.1, -0.05) is 11.3 Å². The summed E-state index contributed by atoms with van der Waals surface area (Å²) in [7, 11) is 4.08. The molecular formula is C14H27N5OS. The minimum atomic E-state index is -0.142. The summed E-state index contributed by atoms with van der Waals surface area (Å²) in [4.78, 5) is 18.9. The van der Waals surface area contributed by atoms with Gasteiger partial charge in [0.05, 0.1) is 0 Å². The highest BCUT2D eigenvalue weighted by Crippen LogP contribution is 2.27. The normalized spacial score (nSPS) is 11.7. The van der Waals surface area contributed by atoms with E-state index in [1.54, 1.807) is 0 Å². The van der Waals surface area contributed by atoms with E-state index in [9.17, 15) is 4.79 Å². The Morgan fingerprint density at radius 1 is 1.33 bits per heavy atom. The average molecular weight is 313 g/mol. The van der Waals surface area contributed by atoms with Gasteiger partial charge in [-0.25, -0.2) is 4.98 Å². The van der Waals surface area contributed by atoms with Gasteiger partial charge in [0.25, 0.3) is 5.91 Å². The Bertz CT molecular complexity index is 464. The van der Waals surface area contributed by atoms with Crippen molar-refractivity contribution in [2.45, 2.75) is 39.2 Å². The second-order valence-electron chi connectivity index (χ2n) is 6.37. The van der Waals surface area contributed by atoms with Gasteiger partial charge in [-0.3, -0.25) is 4.79 Å². The fourth-order valence-electron chi connectivity index (χ4n) is 1.70. The number of aromatic nitrogens is 1. The lowest BCUT2D eigenvalue weighted by molar-refractivity contribution is 0.0957. The lowest BCUT2D eigenvalue weighted by Crippen LogP contribution is -2.26. The molecule has 0 aliphatic heterocycles. The number of amides is 1. The minimum absolute atomic E-state index is 0.107. The maximum absolute atomic E-state index is 12.1. The fourth-order valence-corrected chi connectivity index (χ4v) is 2.71. The van der Waals surface area contributed by atoms with Crippen LogP contribution in [0.5, 0.6) is 0 Å². The van der Waals surface area contributed by atoms with Crippen LogP contribution in [0.1, 0.15) is 43.3 Å². The van der Waals surface area contributed by atoms with Gasteiger partial charge in [-0.2, -0.15) is 0 Å². The van der Waals surface area contributed by atoms with Gasteiger partial charge in [-0.05, 0) is 54.3 Å². The van der Waals surface area contributed by atoms with E-state index >= 15 is 0 Å². The molecule has 1 rings (SSSR count). The molecule has 0 saturated carbocycles. The highest BCUT2D eigenvalue weighted by Gasteiger charge is 2.18. The second-order valence-corrected chi connectivity index (χ2v) is 7.37. The first-order chi connectivity index (χ1) is 9.69. The molecular weight excluding hydrogens is 286 g/mol. The van der Waals surface area contributed by atoms with Gasteiger partial charge in [0.15, 0.2) is 5.13 Å². The van der Waals surface area contributed by atoms with Crippen molar-refractivity contribution in [3.8, 4) is 0 Å². The largest absolute Gasteiger partial charge is 0.382 e. The van der Waals surface area contributed by atoms with E-state index in [0.717, 1.165) is 19.4 Å². The minimum Gasteiger partial charge on any atom is -0.382 e. The van der Waals surface area contributed by atoms with Crippen LogP contribution in [-0.4, -0.2) is 48.5 Å². The number of nitrogen functional groups attached to an aromatic ring is 1. The van der Waals surface area contributed by atoms with Gasteiger partial charge >= 0.3 is 0 Å². The van der Waals surface area contributed by atoms with E-state index in [2.05, 4.69) is 20.5 Å². The SMILES string of the molecule is CN(C)CCCCNC(=O)c1sc(NC(C)(C)C)nc1N. The first kappa shape index (κ1) is 17.7. The molecule has 0 atom stereocenters. The number of thiazole rings is 1. The van der Waals surface area contributed by atoms with Crippen molar-refractivity contribution in [3.63, 3.8) is 0 Å². The van der Waals surface area contributed by atoms with Gasteiger partial charge in [0.2, 0.25) is 0 Å². The summed E-state index contributed by atoms with van der Waals surface area (Å²) >= 11 is 1.30. The Kier molecular flexibility index (Phi) is 6.42. The first-order valence-corrected chi connectivity index (χ1v) is 7.98. The second kappa shape index (κ2) is 7.61. The molecule has 1 aromatic rings. The molecule has 0 saturated heterocycles. The van der Waals surface area contributed by atoms with Crippen LogP contribution in [0, 0.1) is 0 Å². The zero-order chi connectivity index (χ0) is 16.0. The number of carbonyl (C=O) groups is 1. The van der Waals surface area contributed by atoms with Crippen molar-refractivity contribution in [2.75, 3.05) is 38.2 Å². The number of anilines is 2. The lowest BCUT2D eigenvalue weighted by atomic mass is 10.1. The van der Waals surface area contributed by atoms with Crippen molar-refractivity contribution < 1.29 is 4.79 Å². The molecule has 0 unspecified atom stereocenters. The maximum atomic E-state index is 12.1. The lowest BCUT2D eigenvalue weighted by Gasteiger charge is -2.19. The maximum Gasteiger partial charge on any atom is 0.265 e. The molecule has 6 nitrogen and oxygen atoms in total. The molecule has 1 heterocycles. The summed E-state index contributed by atoms with van der Waals surface area (Å²) in [5.41, 5.74) is 5.72. The Morgan fingerprint density at radius 2 is 2.00 bits per heavy atom. The zero-order valence-corrected chi connectivity index (χ0v) is 14.4. The van der Waals surface area contributed by atoms with Crippen molar-refractivity contribution >= 4 is 28.2 Å². The third-order valence-corrected chi connectivity index (χ3v) is 3.64. The summed E-state index contributed by atoms with van der Waals surface area (Å²) in [5, 5.41) is 6.80. The molecule has 1 amide bonds. The van der Waals surface area contributed by atoms with Crippen LogP contribution < -0.4 is 16.4 Å². The van der Waals surface area contributed by atoms with E-state index in [4.69, 9.17) is 5.73 Å². The highest BCUT2D eigenvalue weighted by atomic mass is 32.1. The van der Waals surface area contributed by atoms with Crippen LogP contribution in [0.15, 0.2) is 0 Å². The number of nitrogens with one attached hydrogen (secondary N) is 2. The summed E-state index contributed by atoms with van der Waals surface area (Å²) in [6.45, 7) is 7.80. The van der Waals surface area contributed by atoms with Gasteiger partial charge in [-0.15, -0.1) is 0 Å². The Hall–Kier alpha value is -1.34. The Morgan fingerprint density at radius 3 is 2.57 bits per heavy atom. The molecule has 0 radical (unpaired) electrons. The molecule has 0 aromatic carbocycles. The van der Waals surface area contributed by atoms with Crippen LogP contribution in [0.2, 0.25) is 0 Å². The van der Waals surface area contributed by atoms with E-state index in [1.807, 2.05) is 34.9 Å². The van der Waals surface area contributed by atoms with E-state index in [0.29, 0.717) is 16.6 Å². The number of nitrogens with two attached hydrogens (primary N) is 1. The van der Waals surface area contributed by atoms with Crippen molar-refractivity contribution in [2.24, 2.45) is 0 Å². The topological polar surface area (TPSA) is 83.3 Å². The number of unbranched alkanes of at least 4 members (excludes halogenated alkanes) is 1. The number of hydrogen-bond acceptors (Lipinski definition) is 6. The van der Waals surface area contributed by atoms with Gasteiger partial charge in [0.1, 0.15) is 10.7 Å². The zero-order valence-electron chi connectivity index (χ0n) is 13.6. The predicted molar refractivity (Wildman–Crippen MR) is 90.0 cm³/mol. The Balaban J connectivity index is 2.47. The smallest absolute Gasteiger partial charge is 0.265 e. The third-order valence-electron chi connectivity index (χ3n) is 2.66. The van der Waals surface area contributed by atoms with Gasteiger partial charge < -0.3 is 21.3 Å². The molecule has 0 fully saturated rings. The number of hydrogen-bond donors (Lipinski definition) is 3. The van der Waals surface area contributed by atoms with E-state index < -0.39 is 0 Å². The molecule has 7 heteroatoms. The Labute approximate surface area is 131 Å². The predicted octanol–water partition coefficient (Wildman–Crippen LogP) is 2.01. The molecule has 120 valence electrons. The summed E-state index contributed by atoms with van der Waals surface area (Å²) < 4.78 is 0. The molecule has 0 spiro atoms.